The number of halogens is 1. The van der Waals surface area contributed by atoms with Crippen LogP contribution in [0.4, 0.5) is 0 Å². The fourth-order valence-electron chi connectivity index (χ4n) is 1.07. The van der Waals surface area contributed by atoms with Crippen molar-refractivity contribution < 1.29 is 5.11 Å². The predicted molar refractivity (Wildman–Crippen MR) is 51.8 cm³/mol. The number of hydrogen-bond donors (Lipinski definition) is 1. The second kappa shape index (κ2) is 3.81. The van der Waals surface area contributed by atoms with Gasteiger partial charge in [-0.2, -0.15) is 0 Å². The van der Waals surface area contributed by atoms with Gasteiger partial charge in [-0.1, -0.05) is 26.0 Å². The first-order chi connectivity index (χ1) is 5.65. The molecule has 1 aromatic rings. The lowest BCUT2D eigenvalue weighted by molar-refractivity contribution is 0.470. The number of alkyl halides is 1. The van der Waals surface area contributed by atoms with Crippen LogP contribution in [0.2, 0.25) is 0 Å². The van der Waals surface area contributed by atoms with Gasteiger partial charge in [-0.25, -0.2) is 0 Å². The maximum atomic E-state index is 9.33. The van der Waals surface area contributed by atoms with E-state index in [1.165, 1.54) is 5.56 Å². The molecule has 1 aromatic carbocycles. The van der Waals surface area contributed by atoms with Crippen molar-refractivity contribution in [1.29, 1.82) is 0 Å². The second-order valence-electron chi connectivity index (χ2n) is 3.18. The van der Waals surface area contributed by atoms with Gasteiger partial charge < -0.3 is 5.11 Å². The van der Waals surface area contributed by atoms with E-state index >= 15 is 0 Å². The Hall–Kier alpha value is -0.690. The van der Waals surface area contributed by atoms with Crippen LogP contribution < -0.4 is 0 Å². The predicted octanol–water partition coefficient (Wildman–Crippen LogP) is 3.25. The molecule has 0 atom stereocenters. The van der Waals surface area contributed by atoms with Crippen molar-refractivity contribution in [2.45, 2.75) is 25.6 Å². The Bertz CT molecular complexity index is 269. The normalized spacial score (nSPS) is 10.7. The summed E-state index contributed by atoms with van der Waals surface area (Å²) >= 11 is 5.65. The molecular formula is C10H13ClO. The number of hydrogen-bond acceptors (Lipinski definition) is 1. The first kappa shape index (κ1) is 9.40. The summed E-state index contributed by atoms with van der Waals surface area (Å²) in [5.41, 5.74) is 2.02. The molecule has 2 heteroatoms. The smallest absolute Gasteiger partial charge is 0.119 e. The van der Waals surface area contributed by atoms with E-state index in [0.717, 1.165) is 5.56 Å². The van der Waals surface area contributed by atoms with Crippen LogP contribution in [-0.2, 0) is 5.88 Å². The van der Waals surface area contributed by atoms with Crippen LogP contribution in [0, 0.1) is 0 Å². The van der Waals surface area contributed by atoms with Crippen molar-refractivity contribution in [2.75, 3.05) is 0 Å². The van der Waals surface area contributed by atoms with Gasteiger partial charge in [0.25, 0.3) is 0 Å². The fraction of sp³-hybridized carbons (Fsp3) is 0.400. The van der Waals surface area contributed by atoms with Crippen molar-refractivity contribution >= 4 is 11.6 Å². The van der Waals surface area contributed by atoms with Gasteiger partial charge in [0.05, 0.1) is 5.88 Å². The van der Waals surface area contributed by atoms with Gasteiger partial charge in [0.1, 0.15) is 5.75 Å². The number of aromatic hydroxyl groups is 1. The molecule has 0 spiro atoms. The average molecular weight is 185 g/mol. The largest absolute Gasteiger partial charge is 0.508 e. The van der Waals surface area contributed by atoms with E-state index in [1.54, 1.807) is 6.07 Å². The highest BCUT2D eigenvalue weighted by molar-refractivity contribution is 6.17. The average Bonchev–Trinajstić information content (AvgIpc) is 2.05. The maximum absolute atomic E-state index is 9.33. The standard InChI is InChI=1S/C10H13ClO/c1-7(2)8-3-4-10(12)9(5-8)6-11/h3-5,7,12H,6H2,1-2H3. The Balaban J connectivity index is 3.05. The summed E-state index contributed by atoms with van der Waals surface area (Å²) in [7, 11) is 0. The Labute approximate surface area is 78.0 Å². The molecule has 0 fully saturated rings. The molecular weight excluding hydrogens is 172 g/mol. The van der Waals surface area contributed by atoms with E-state index in [4.69, 9.17) is 11.6 Å². The maximum Gasteiger partial charge on any atom is 0.119 e. The molecule has 0 unspecified atom stereocenters. The minimum atomic E-state index is 0.286. The van der Waals surface area contributed by atoms with Crippen LogP contribution in [0.1, 0.15) is 30.9 Å². The Kier molecular flexibility index (Phi) is 2.99. The van der Waals surface area contributed by atoms with Crippen LogP contribution in [0.5, 0.6) is 5.75 Å². The molecule has 0 bridgehead atoms. The third kappa shape index (κ3) is 1.92. The lowest BCUT2D eigenvalue weighted by atomic mass is 10.0. The zero-order valence-electron chi connectivity index (χ0n) is 7.34. The minimum Gasteiger partial charge on any atom is -0.508 e. The van der Waals surface area contributed by atoms with Crippen molar-refractivity contribution in [2.24, 2.45) is 0 Å². The highest BCUT2D eigenvalue weighted by atomic mass is 35.5. The van der Waals surface area contributed by atoms with Gasteiger partial charge in [-0.05, 0) is 17.5 Å². The number of rotatable bonds is 2. The van der Waals surface area contributed by atoms with E-state index in [-0.39, 0.29) is 5.75 Å². The molecule has 1 nitrogen and oxygen atoms in total. The van der Waals surface area contributed by atoms with Gasteiger partial charge in [-0.3, -0.25) is 0 Å². The fourth-order valence-corrected chi connectivity index (χ4v) is 1.29. The first-order valence-corrected chi connectivity index (χ1v) is 4.56. The van der Waals surface area contributed by atoms with Gasteiger partial charge in [0, 0.05) is 5.56 Å². The van der Waals surface area contributed by atoms with E-state index in [2.05, 4.69) is 13.8 Å². The summed E-state index contributed by atoms with van der Waals surface area (Å²) in [5.74, 6) is 1.13. The molecule has 0 amide bonds. The third-order valence-electron chi connectivity index (χ3n) is 1.91. The van der Waals surface area contributed by atoms with Gasteiger partial charge >= 0.3 is 0 Å². The van der Waals surface area contributed by atoms with Crippen LogP contribution in [0.15, 0.2) is 18.2 Å². The first-order valence-electron chi connectivity index (χ1n) is 4.03. The van der Waals surface area contributed by atoms with E-state index in [1.807, 2.05) is 12.1 Å². The zero-order chi connectivity index (χ0) is 9.14. The SMILES string of the molecule is CC(C)c1ccc(O)c(CCl)c1. The summed E-state index contributed by atoms with van der Waals surface area (Å²) in [6, 6.07) is 5.58. The van der Waals surface area contributed by atoms with Crippen LogP contribution >= 0.6 is 11.6 Å². The van der Waals surface area contributed by atoms with Crippen LogP contribution in [0.3, 0.4) is 0 Å². The summed E-state index contributed by atoms with van der Waals surface area (Å²) in [6.07, 6.45) is 0. The molecule has 0 aromatic heterocycles. The summed E-state index contributed by atoms with van der Waals surface area (Å²) in [6.45, 7) is 4.23. The molecule has 0 radical (unpaired) electrons. The molecule has 1 rings (SSSR count). The van der Waals surface area contributed by atoms with Gasteiger partial charge in [-0.15, -0.1) is 11.6 Å². The van der Waals surface area contributed by atoms with Crippen molar-refractivity contribution in [3.8, 4) is 5.75 Å². The molecule has 0 aliphatic rings. The highest BCUT2D eigenvalue weighted by Gasteiger charge is 2.03. The van der Waals surface area contributed by atoms with Gasteiger partial charge in [0.2, 0.25) is 0 Å². The zero-order valence-corrected chi connectivity index (χ0v) is 8.10. The molecule has 0 aliphatic carbocycles. The number of phenolic OH excluding ortho intramolecular Hbond substituents is 1. The van der Waals surface area contributed by atoms with Gasteiger partial charge in [0.15, 0.2) is 0 Å². The third-order valence-corrected chi connectivity index (χ3v) is 2.20. The van der Waals surface area contributed by atoms with E-state index < -0.39 is 0 Å². The Morgan fingerprint density at radius 1 is 1.42 bits per heavy atom. The van der Waals surface area contributed by atoms with Crippen molar-refractivity contribution in [1.82, 2.24) is 0 Å². The number of phenols is 1. The molecule has 0 saturated heterocycles. The topological polar surface area (TPSA) is 20.2 Å². The van der Waals surface area contributed by atoms with Crippen LogP contribution in [-0.4, -0.2) is 5.11 Å². The highest BCUT2D eigenvalue weighted by Crippen LogP contribution is 2.24. The molecule has 12 heavy (non-hydrogen) atoms. The minimum absolute atomic E-state index is 0.286. The van der Waals surface area contributed by atoms with Crippen molar-refractivity contribution in [3.05, 3.63) is 29.3 Å². The molecule has 0 saturated carbocycles. The molecule has 66 valence electrons. The lowest BCUT2D eigenvalue weighted by Crippen LogP contribution is -1.89. The summed E-state index contributed by atoms with van der Waals surface area (Å²) in [5, 5.41) is 9.33. The van der Waals surface area contributed by atoms with E-state index in [9.17, 15) is 5.11 Å². The molecule has 0 aliphatic heterocycles. The summed E-state index contributed by atoms with van der Waals surface area (Å²) < 4.78 is 0. The Morgan fingerprint density at radius 3 is 2.58 bits per heavy atom. The quantitative estimate of drug-likeness (QED) is 0.700. The molecule has 1 N–H and O–H groups in total. The second-order valence-corrected chi connectivity index (χ2v) is 3.44. The lowest BCUT2D eigenvalue weighted by Gasteiger charge is -2.07. The monoisotopic (exact) mass is 184 g/mol. The van der Waals surface area contributed by atoms with Crippen molar-refractivity contribution in [3.63, 3.8) is 0 Å². The van der Waals surface area contributed by atoms with Crippen LogP contribution in [0.25, 0.3) is 0 Å². The molecule has 0 heterocycles. The Morgan fingerprint density at radius 2 is 2.08 bits per heavy atom. The van der Waals surface area contributed by atoms with E-state index in [0.29, 0.717) is 11.8 Å². The number of benzene rings is 1. The summed E-state index contributed by atoms with van der Waals surface area (Å²) in [4.78, 5) is 0.